The Bertz CT molecular complexity index is 1520. The summed E-state index contributed by atoms with van der Waals surface area (Å²) in [6, 6.07) is 41.7. The average molecular weight is 581 g/mol. The zero-order chi connectivity index (χ0) is 30.0. The van der Waals surface area contributed by atoms with Gasteiger partial charge >= 0.3 is 0 Å². The van der Waals surface area contributed by atoms with Crippen LogP contribution in [0.5, 0.6) is 0 Å². The Morgan fingerprint density at radius 3 is 1.05 bits per heavy atom. The number of aryl methyl sites for hydroxylation is 8. The van der Waals surface area contributed by atoms with Gasteiger partial charge in [0.15, 0.2) is 0 Å². The summed E-state index contributed by atoms with van der Waals surface area (Å²) in [4.78, 5) is 0. The van der Waals surface area contributed by atoms with E-state index in [0.717, 1.165) is 6.04 Å². The molecule has 0 aliphatic rings. The SMILES string of the molecule is Cc1cc(C)cc([Si](CC(c2ccccc2)[Si](c2cc(C)cc(C)c2)c2cc(C)cc(C)c2)c2cc(C)cc(C)c2)c1. The van der Waals surface area contributed by atoms with Crippen molar-refractivity contribution in [1.82, 2.24) is 0 Å². The van der Waals surface area contributed by atoms with E-state index in [2.05, 4.69) is 159 Å². The molecule has 0 N–H and O–H groups in total. The van der Waals surface area contributed by atoms with E-state index in [9.17, 15) is 0 Å². The fraction of sp³-hybridized carbons (Fsp3) is 0.250. The fourth-order valence-electron chi connectivity index (χ4n) is 6.81. The molecule has 0 aliphatic carbocycles. The molecule has 1 atom stereocenters. The van der Waals surface area contributed by atoms with Gasteiger partial charge in [-0.15, -0.1) is 0 Å². The second-order valence-corrected chi connectivity index (χ2v) is 17.8. The number of benzene rings is 5. The van der Waals surface area contributed by atoms with Crippen LogP contribution in [0.25, 0.3) is 0 Å². The summed E-state index contributed by atoms with van der Waals surface area (Å²) in [6.07, 6.45) is 0. The number of hydrogen-bond donors (Lipinski definition) is 0. The lowest BCUT2D eigenvalue weighted by Gasteiger charge is -2.31. The molecule has 212 valence electrons. The van der Waals surface area contributed by atoms with Crippen molar-refractivity contribution in [3.05, 3.63) is 153 Å². The molecule has 42 heavy (non-hydrogen) atoms. The maximum atomic E-state index is 2.48. The second-order valence-electron chi connectivity index (χ2n) is 12.6. The van der Waals surface area contributed by atoms with E-state index < -0.39 is 17.6 Å². The highest BCUT2D eigenvalue weighted by Gasteiger charge is 2.34. The lowest BCUT2D eigenvalue weighted by molar-refractivity contribution is 1.04. The van der Waals surface area contributed by atoms with Crippen LogP contribution in [-0.2, 0) is 0 Å². The van der Waals surface area contributed by atoms with Gasteiger partial charge in [-0.05, 0) is 72.5 Å². The summed E-state index contributed by atoms with van der Waals surface area (Å²) in [6.45, 7) is 18.1. The lowest BCUT2D eigenvalue weighted by atomic mass is 10.1. The van der Waals surface area contributed by atoms with E-state index in [0.29, 0.717) is 5.54 Å². The first kappa shape index (κ1) is 30.0. The van der Waals surface area contributed by atoms with E-state index in [1.165, 1.54) is 70.8 Å². The minimum absolute atomic E-state index is 0.425. The van der Waals surface area contributed by atoms with Gasteiger partial charge in [0.2, 0.25) is 0 Å². The lowest BCUT2D eigenvalue weighted by Crippen LogP contribution is -2.52. The molecule has 0 fully saturated rings. The quantitative estimate of drug-likeness (QED) is 0.168. The van der Waals surface area contributed by atoms with Gasteiger partial charge in [0.1, 0.15) is 17.6 Å². The largest absolute Gasteiger partial charge is 0.128 e. The Balaban J connectivity index is 1.77. The van der Waals surface area contributed by atoms with Gasteiger partial charge in [0.05, 0.1) is 0 Å². The van der Waals surface area contributed by atoms with Crippen molar-refractivity contribution in [3.63, 3.8) is 0 Å². The molecule has 0 nitrogen and oxygen atoms in total. The Morgan fingerprint density at radius 1 is 0.405 bits per heavy atom. The van der Waals surface area contributed by atoms with Crippen LogP contribution in [0.1, 0.15) is 55.6 Å². The van der Waals surface area contributed by atoms with Crippen molar-refractivity contribution < 1.29 is 0 Å². The molecule has 0 heterocycles. The van der Waals surface area contributed by atoms with Crippen LogP contribution in [0.2, 0.25) is 6.04 Å². The smallest absolute Gasteiger partial charge is 0.0622 e. The summed E-state index contributed by atoms with van der Waals surface area (Å²) in [7, 11) is -2.31. The van der Waals surface area contributed by atoms with Crippen LogP contribution in [-0.4, -0.2) is 17.6 Å². The Kier molecular flexibility index (Phi) is 9.15. The van der Waals surface area contributed by atoms with Gasteiger partial charge in [0.25, 0.3) is 0 Å². The van der Waals surface area contributed by atoms with E-state index in [1.54, 1.807) is 0 Å². The molecule has 0 saturated heterocycles. The van der Waals surface area contributed by atoms with Crippen molar-refractivity contribution in [2.45, 2.75) is 67.0 Å². The van der Waals surface area contributed by atoms with Crippen LogP contribution in [0.4, 0.5) is 0 Å². The average Bonchev–Trinajstić information content (AvgIpc) is 2.89. The van der Waals surface area contributed by atoms with E-state index in [4.69, 9.17) is 0 Å². The van der Waals surface area contributed by atoms with Gasteiger partial charge in [-0.25, -0.2) is 0 Å². The minimum atomic E-state index is -1.20. The van der Waals surface area contributed by atoms with Gasteiger partial charge in [-0.1, -0.05) is 168 Å². The zero-order valence-electron chi connectivity index (χ0n) is 26.6. The molecular weight excluding hydrogens is 537 g/mol. The molecule has 5 aromatic rings. The van der Waals surface area contributed by atoms with E-state index in [1.807, 2.05) is 0 Å². The maximum Gasteiger partial charge on any atom is 0.128 e. The molecule has 2 heteroatoms. The van der Waals surface area contributed by atoms with Gasteiger partial charge in [0, 0.05) is 0 Å². The van der Waals surface area contributed by atoms with Gasteiger partial charge in [-0.3, -0.25) is 0 Å². The van der Waals surface area contributed by atoms with Gasteiger partial charge < -0.3 is 0 Å². The van der Waals surface area contributed by atoms with Gasteiger partial charge in [-0.2, -0.15) is 0 Å². The third-order valence-electron chi connectivity index (χ3n) is 8.16. The molecule has 5 aromatic carbocycles. The highest BCUT2D eigenvalue weighted by molar-refractivity contribution is 6.90. The first-order chi connectivity index (χ1) is 20.0. The second kappa shape index (κ2) is 12.8. The third-order valence-corrected chi connectivity index (χ3v) is 14.4. The van der Waals surface area contributed by atoms with Crippen LogP contribution < -0.4 is 20.7 Å². The van der Waals surface area contributed by atoms with Crippen LogP contribution in [0.3, 0.4) is 0 Å². The summed E-state index contributed by atoms with van der Waals surface area (Å²) in [5, 5.41) is 6.12. The molecule has 0 aromatic heterocycles. The number of hydrogen-bond acceptors (Lipinski definition) is 0. The molecule has 0 bridgehead atoms. The molecule has 2 radical (unpaired) electrons. The van der Waals surface area contributed by atoms with Crippen molar-refractivity contribution in [2.75, 3.05) is 0 Å². The molecule has 0 aliphatic heterocycles. The Labute approximate surface area is 257 Å². The summed E-state index contributed by atoms with van der Waals surface area (Å²) < 4.78 is 0. The molecule has 0 spiro atoms. The predicted molar refractivity (Wildman–Crippen MR) is 188 cm³/mol. The van der Waals surface area contributed by atoms with Crippen molar-refractivity contribution in [1.29, 1.82) is 0 Å². The van der Waals surface area contributed by atoms with E-state index >= 15 is 0 Å². The third kappa shape index (κ3) is 7.11. The van der Waals surface area contributed by atoms with Crippen LogP contribution >= 0.6 is 0 Å². The molecule has 5 rings (SSSR count). The summed E-state index contributed by atoms with van der Waals surface area (Å²) >= 11 is 0. The van der Waals surface area contributed by atoms with Crippen molar-refractivity contribution >= 4 is 38.3 Å². The Hall–Kier alpha value is -3.47. The van der Waals surface area contributed by atoms with Crippen molar-refractivity contribution in [3.8, 4) is 0 Å². The van der Waals surface area contributed by atoms with Crippen LogP contribution in [0.15, 0.2) is 103 Å². The highest BCUT2D eigenvalue weighted by atomic mass is 28.3. The topological polar surface area (TPSA) is 0 Å². The molecular formula is C40H44Si2. The normalized spacial score (nSPS) is 12.2. The first-order valence-corrected chi connectivity index (χ1v) is 18.5. The standard InChI is InChI=1S/C40H44Si2/c1-27-14-28(2)19-36(18-27)41(37-20-29(3)15-30(4)21-37)26-40(35-12-10-9-11-13-35)42(38-22-31(5)16-32(6)23-38)39-24-33(7)17-34(8)25-39/h9-25,40H,26H2,1-8H3. The summed E-state index contributed by atoms with van der Waals surface area (Å²) in [5.74, 6) is 0. The molecule has 0 amide bonds. The highest BCUT2D eigenvalue weighted by Crippen LogP contribution is 2.27. The maximum absolute atomic E-state index is 2.48. The predicted octanol–water partition coefficient (Wildman–Crippen LogP) is 7.40. The van der Waals surface area contributed by atoms with Crippen LogP contribution in [0, 0.1) is 55.4 Å². The molecule has 0 saturated carbocycles. The summed E-state index contributed by atoms with van der Waals surface area (Å²) in [5.41, 5.74) is 12.8. The number of rotatable bonds is 8. The first-order valence-electron chi connectivity index (χ1n) is 15.2. The van der Waals surface area contributed by atoms with Crippen molar-refractivity contribution in [2.24, 2.45) is 0 Å². The molecule has 1 unspecified atom stereocenters. The fourth-order valence-corrected chi connectivity index (χ4v) is 14.5. The zero-order valence-corrected chi connectivity index (χ0v) is 28.6. The Morgan fingerprint density at radius 2 is 0.714 bits per heavy atom. The monoisotopic (exact) mass is 580 g/mol. The minimum Gasteiger partial charge on any atom is -0.0622 e. The van der Waals surface area contributed by atoms with E-state index in [-0.39, 0.29) is 0 Å².